The zero-order valence-corrected chi connectivity index (χ0v) is 11.8. The molecular weight excluding hydrogens is 254 g/mol. The molecule has 1 aromatic heterocycles. The summed E-state index contributed by atoms with van der Waals surface area (Å²) in [7, 11) is 5.70. The van der Waals surface area contributed by atoms with Gasteiger partial charge in [-0.05, 0) is 31.6 Å². The number of aromatic nitrogens is 3. The quantitative estimate of drug-likeness (QED) is 0.815. The SMILES string of the molecule is COc1nc(Cl)nc(N2CC(C)C(N(C)C)C2)n1. The fraction of sp³-hybridized carbons (Fsp3) is 0.727. The van der Waals surface area contributed by atoms with Crippen molar-refractivity contribution in [1.82, 2.24) is 19.9 Å². The Kier molecular flexibility index (Phi) is 3.87. The Balaban J connectivity index is 2.20. The van der Waals surface area contributed by atoms with Crippen molar-refractivity contribution in [3.8, 4) is 6.01 Å². The Bertz CT molecular complexity index is 428. The van der Waals surface area contributed by atoms with Gasteiger partial charge in [0, 0.05) is 19.1 Å². The van der Waals surface area contributed by atoms with Gasteiger partial charge in [0.25, 0.3) is 0 Å². The lowest BCUT2D eigenvalue weighted by atomic mass is 10.1. The fourth-order valence-electron chi connectivity index (χ4n) is 2.34. The third-order valence-corrected chi connectivity index (χ3v) is 3.45. The molecule has 0 amide bonds. The fourth-order valence-corrected chi connectivity index (χ4v) is 2.49. The monoisotopic (exact) mass is 271 g/mol. The number of likely N-dealkylation sites (N-methyl/N-ethyl adjacent to an activating group) is 1. The van der Waals surface area contributed by atoms with E-state index in [2.05, 4.69) is 45.8 Å². The number of hydrogen-bond acceptors (Lipinski definition) is 6. The number of rotatable bonds is 3. The Hall–Kier alpha value is -1.14. The minimum atomic E-state index is 0.165. The standard InChI is InChI=1S/C11H18ClN5O/c1-7-5-17(6-8(7)16(2)3)10-13-9(12)14-11(15-10)18-4/h7-8H,5-6H2,1-4H3. The summed E-state index contributed by atoms with van der Waals surface area (Å²) in [6.07, 6.45) is 0. The molecule has 0 spiro atoms. The van der Waals surface area contributed by atoms with Crippen LogP contribution in [0.1, 0.15) is 6.92 Å². The van der Waals surface area contributed by atoms with Gasteiger partial charge < -0.3 is 14.5 Å². The van der Waals surface area contributed by atoms with Crippen LogP contribution in [0.3, 0.4) is 0 Å². The molecule has 1 saturated heterocycles. The molecular formula is C11H18ClN5O. The molecule has 2 atom stereocenters. The second-order valence-electron chi connectivity index (χ2n) is 4.80. The van der Waals surface area contributed by atoms with Gasteiger partial charge in [0.1, 0.15) is 0 Å². The normalized spacial score (nSPS) is 23.8. The van der Waals surface area contributed by atoms with Crippen LogP contribution in [-0.2, 0) is 0 Å². The van der Waals surface area contributed by atoms with Crippen LogP contribution >= 0.6 is 11.6 Å². The first-order chi connectivity index (χ1) is 8.51. The molecule has 1 aromatic rings. The highest BCUT2D eigenvalue weighted by molar-refractivity contribution is 6.28. The van der Waals surface area contributed by atoms with Crippen LogP contribution in [0.25, 0.3) is 0 Å². The summed E-state index contributed by atoms with van der Waals surface area (Å²) in [6, 6.07) is 0.748. The average molecular weight is 272 g/mol. The Morgan fingerprint density at radius 2 is 2.00 bits per heavy atom. The highest BCUT2D eigenvalue weighted by atomic mass is 35.5. The minimum absolute atomic E-state index is 0.165. The van der Waals surface area contributed by atoms with Gasteiger partial charge in [0.05, 0.1) is 7.11 Å². The lowest BCUT2D eigenvalue weighted by Crippen LogP contribution is -2.34. The van der Waals surface area contributed by atoms with Crippen molar-refractivity contribution >= 4 is 17.5 Å². The van der Waals surface area contributed by atoms with E-state index in [1.165, 1.54) is 7.11 Å². The summed E-state index contributed by atoms with van der Waals surface area (Å²) in [4.78, 5) is 16.6. The first kappa shape index (κ1) is 13.3. The summed E-state index contributed by atoms with van der Waals surface area (Å²) in [5.41, 5.74) is 0. The lowest BCUT2D eigenvalue weighted by molar-refractivity contribution is 0.266. The molecule has 1 fully saturated rings. The van der Waals surface area contributed by atoms with E-state index in [0.717, 1.165) is 13.1 Å². The summed E-state index contributed by atoms with van der Waals surface area (Å²) >= 11 is 5.86. The number of halogens is 1. The Labute approximate surface area is 112 Å². The van der Waals surface area contributed by atoms with Crippen molar-refractivity contribution in [2.75, 3.05) is 39.2 Å². The van der Waals surface area contributed by atoms with Crippen LogP contribution in [0.2, 0.25) is 5.28 Å². The third-order valence-electron chi connectivity index (χ3n) is 3.28. The topological polar surface area (TPSA) is 54.4 Å². The molecule has 0 radical (unpaired) electrons. The maximum Gasteiger partial charge on any atom is 0.322 e. The summed E-state index contributed by atoms with van der Waals surface area (Å²) in [6.45, 7) is 4.02. The number of hydrogen-bond donors (Lipinski definition) is 0. The van der Waals surface area contributed by atoms with E-state index in [1.54, 1.807) is 0 Å². The number of anilines is 1. The van der Waals surface area contributed by atoms with Crippen LogP contribution in [0.4, 0.5) is 5.95 Å². The first-order valence-corrected chi connectivity index (χ1v) is 6.26. The zero-order chi connectivity index (χ0) is 13.3. The van der Waals surface area contributed by atoms with E-state index in [-0.39, 0.29) is 11.3 Å². The van der Waals surface area contributed by atoms with Crippen molar-refractivity contribution in [2.24, 2.45) is 5.92 Å². The van der Waals surface area contributed by atoms with Crippen LogP contribution in [0.15, 0.2) is 0 Å². The van der Waals surface area contributed by atoms with E-state index < -0.39 is 0 Å². The van der Waals surface area contributed by atoms with Gasteiger partial charge >= 0.3 is 6.01 Å². The molecule has 0 bridgehead atoms. The molecule has 0 N–H and O–H groups in total. The number of nitrogens with zero attached hydrogens (tertiary/aromatic N) is 5. The Morgan fingerprint density at radius 3 is 2.56 bits per heavy atom. The van der Waals surface area contributed by atoms with Crippen LogP contribution in [0.5, 0.6) is 6.01 Å². The molecule has 100 valence electrons. The molecule has 2 unspecified atom stereocenters. The smallest absolute Gasteiger partial charge is 0.322 e. The highest BCUT2D eigenvalue weighted by Crippen LogP contribution is 2.25. The number of ether oxygens (including phenoxy) is 1. The maximum atomic E-state index is 5.86. The van der Waals surface area contributed by atoms with E-state index in [9.17, 15) is 0 Å². The molecule has 1 aliphatic rings. The van der Waals surface area contributed by atoms with Gasteiger partial charge in [-0.1, -0.05) is 6.92 Å². The van der Waals surface area contributed by atoms with Gasteiger partial charge in [-0.3, -0.25) is 0 Å². The van der Waals surface area contributed by atoms with Crippen molar-refractivity contribution < 1.29 is 4.74 Å². The third kappa shape index (κ3) is 2.64. The van der Waals surface area contributed by atoms with Crippen LogP contribution in [0, 0.1) is 5.92 Å². The van der Waals surface area contributed by atoms with Crippen molar-refractivity contribution in [3.05, 3.63) is 5.28 Å². The van der Waals surface area contributed by atoms with Gasteiger partial charge in [-0.25, -0.2) is 0 Å². The summed E-state index contributed by atoms with van der Waals surface area (Å²) in [5, 5.41) is 0.165. The molecule has 6 nitrogen and oxygen atoms in total. The van der Waals surface area contributed by atoms with E-state index >= 15 is 0 Å². The van der Waals surface area contributed by atoms with E-state index in [0.29, 0.717) is 17.9 Å². The maximum absolute atomic E-state index is 5.86. The van der Waals surface area contributed by atoms with E-state index in [4.69, 9.17) is 16.3 Å². The summed E-state index contributed by atoms with van der Waals surface area (Å²) in [5.74, 6) is 1.14. The predicted molar refractivity (Wildman–Crippen MR) is 70.2 cm³/mol. The first-order valence-electron chi connectivity index (χ1n) is 5.88. The van der Waals surface area contributed by atoms with Gasteiger partial charge in [-0.15, -0.1) is 0 Å². The molecule has 2 rings (SSSR count). The molecule has 0 saturated carbocycles. The Morgan fingerprint density at radius 1 is 1.28 bits per heavy atom. The molecule has 2 heterocycles. The molecule has 1 aliphatic heterocycles. The minimum Gasteiger partial charge on any atom is -0.467 e. The second-order valence-corrected chi connectivity index (χ2v) is 5.14. The predicted octanol–water partition coefficient (Wildman–Crippen LogP) is 0.920. The molecule has 0 aliphatic carbocycles. The lowest BCUT2D eigenvalue weighted by Gasteiger charge is -2.22. The average Bonchev–Trinajstić information content (AvgIpc) is 2.70. The summed E-state index contributed by atoms with van der Waals surface area (Å²) < 4.78 is 5.01. The zero-order valence-electron chi connectivity index (χ0n) is 11.1. The van der Waals surface area contributed by atoms with Gasteiger partial charge in [0.15, 0.2) is 0 Å². The van der Waals surface area contributed by atoms with Gasteiger partial charge in [0.2, 0.25) is 11.2 Å². The highest BCUT2D eigenvalue weighted by Gasteiger charge is 2.32. The van der Waals surface area contributed by atoms with E-state index in [1.807, 2.05) is 0 Å². The second kappa shape index (κ2) is 5.24. The molecule has 18 heavy (non-hydrogen) atoms. The number of methoxy groups -OCH3 is 1. The van der Waals surface area contributed by atoms with Crippen molar-refractivity contribution in [3.63, 3.8) is 0 Å². The molecule has 7 heteroatoms. The van der Waals surface area contributed by atoms with Crippen molar-refractivity contribution in [2.45, 2.75) is 13.0 Å². The van der Waals surface area contributed by atoms with Gasteiger partial charge in [-0.2, -0.15) is 15.0 Å². The largest absolute Gasteiger partial charge is 0.467 e. The van der Waals surface area contributed by atoms with Crippen LogP contribution < -0.4 is 9.64 Å². The molecule has 0 aromatic carbocycles. The van der Waals surface area contributed by atoms with Crippen LogP contribution in [-0.4, -0.2) is 60.2 Å². The van der Waals surface area contributed by atoms with Crippen molar-refractivity contribution in [1.29, 1.82) is 0 Å².